The molecule has 1 rings (SSSR count). The number of nitrogens with zero attached hydrogens (tertiary/aromatic N) is 2. The molecule has 0 saturated heterocycles. The third-order valence-electron chi connectivity index (χ3n) is 3.18. The van der Waals surface area contributed by atoms with Crippen LogP contribution in [0, 0.1) is 11.3 Å². The van der Waals surface area contributed by atoms with E-state index in [0.29, 0.717) is 6.42 Å². The number of nitrogens with one attached hydrogen (secondary N) is 1. The van der Waals surface area contributed by atoms with Crippen LogP contribution in [0.4, 0.5) is 5.69 Å². The first-order valence-electron chi connectivity index (χ1n) is 7.00. The van der Waals surface area contributed by atoms with E-state index in [0.717, 1.165) is 18.0 Å². The molecule has 0 aliphatic carbocycles. The van der Waals surface area contributed by atoms with Gasteiger partial charge in [0.25, 0.3) is 0 Å². The van der Waals surface area contributed by atoms with Crippen molar-refractivity contribution in [2.75, 3.05) is 25.5 Å². The number of benzene rings is 1. The van der Waals surface area contributed by atoms with E-state index in [2.05, 4.69) is 11.4 Å². The Labute approximate surface area is 122 Å². The van der Waals surface area contributed by atoms with Crippen LogP contribution in [-0.2, 0) is 0 Å². The van der Waals surface area contributed by atoms with Crippen molar-refractivity contribution in [3.05, 3.63) is 24.3 Å². The van der Waals surface area contributed by atoms with Crippen molar-refractivity contribution in [2.24, 2.45) is 0 Å². The fraction of sp³-hybridized carbons (Fsp3) is 0.562. The zero-order valence-electron chi connectivity index (χ0n) is 13.1. The summed E-state index contributed by atoms with van der Waals surface area (Å²) >= 11 is 0. The van der Waals surface area contributed by atoms with Crippen LogP contribution in [0.3, 0.4) is 0 Å². The Balaban J connectivity index is 2.69. The standard InChI is InChI=1S/C16H25N3O/c1-6-18-16(3,12-17)11-13(2)20-15-9-7-8-14(10-15)19(4)5/h7-10,13,18H,6,11H2,1-5H3. The summed E-state index contributed by atoms with van der Waals surface area (Å²) in [6, 6.07) is 10.3. The van der Waals surface area contributed by atoms with Gasteiger partial charge in [-0.05, 0) is 32.5 Å². The van der Waals surface area contributed by atoms with Crippen LogP contribution in [0.1, 0.15) is 27.2 Å². The SMILES string of the molecule is CCNC(C)(C#N)CC(C)Oc1cccc(N(C)C)c1. The summed E-state index contributed by atoms with van der Waals surface area (Å²) in [5.41, 5.74) is 0.553. The Morgan fingerprint density at radius 3 is 2.70 bits per heavy atom. The normalized spacial score (nSPS) is 15.0. The predicted octanol–water partition coefficient (Wildman–Crippen LogP) is 2.80. The highest BCUT2D eigenvalue weighted by Gasteiger charge is 2.26. The highest BCUT2D eigenvalue weighted by atomic mass is 16.5. The summed E-state index contributed by atoms with van der Waals surface area (Å²) in [4.78, 5) is 2.04. The van der Waals surface area contributed by atoms with E-state index in [1.54, 1.807) is 0 Å². The topological polar surface area (TPSA) is 48.3 Å². The summed E-state index contributed by atoms with van der Waals surface area (Å²) < 4.78 is 5.93. The zero-order valence-corrected chi connectivity index (χ0v) is 13.1. The first-order chi connectivity index (χ1) is 9.40. The van der Waals surface area contributed by atoms with Crippen LogP contribution >= 0.6 is 0 Å². The van der Waals surface area contributed by atoms with Crippen LogP contribution in [-0.4, -0.2) is 32.3 Å². The van der Waals surface area contributed by atoms with Gasteiger partial charge in [-0.1, -0.05) is 13.0 Å². The first kappa shape index (κ1) is 16.3. The Kier molecular flexibility index (Phi) is 5.84. The predicted molar refractivity (Wildman–Crippen MR) is 83.2 cm³/mol. The Morgan fingerprint density at radius 1 is 1.45 bits per heavy atom. The molecule has 1 N–H and O–H groups in total. The van der Waals surface area contributed by atoms with Gasteiger partial charge in [0.05, 0.1) is 12.2 Å². The van der Waals surface area contributed by atoms with E-state index < -0.39 is 5.54 Å². The van der Waals surface area contributed by atoms with Gasteiger partial charge in [-0.3, -0.25) is 5.32 Å². The van der Waals surface area contributed by atoms with Crippen LogP contribution in [0.5, 0.6) is 5.75 Å². The molecule has 0 spiro atoms. The van der Waals surface area contributed by atoms with Crippen molar-refractivity contribution in [1.82, 2.24) is 5.32 Å². The summed E-state index contributed by atoms with van der Waals surface area (Å²) in [6.45, 7) is 6.68. The van der Waals surface area contributed by atoms with Gasteiger partial charge in [0.2, 0.25) is 0 Å². The fourth-order valence-corrected chi connectivity index (χ4v) is 2.23. The number of nitriles is 1. The van der Waals surface area contributed by atoms with E-state index in [4.69, 9.17) is 4.74 Å². The molecule has 0 amide bonds. The molecule has 0 fully saturated rings. The second-order valence-electron chi connectivity index (χ2n) is 5.50. The summed E-state index contributed by atoms with van der Waals surface area (Å²) in [5.74, 6) is 0.834. The summed E-state index contributed by atoms with van der Waals surface area (Å²) in [7, 11) is 4.00. The Bertz CT molecular complexity index is 467. The quantitative estimate of drug-likeness (QED) is 0.831. The van der Waals surface area contributed by atoms with Crippen LogP contribution in [0.2, 0.25) is 0 Å². The van der Waals surface area contributed by atoms with Gasteiger partial charge in [-0.15, -0.1) is 0 Å². The van der Waals surface area contributed by atoms with Crippen LogP contribution in [0.25, 0.3) is 0 Å². The lowest BCUT2D eigenvalue weighted by Gasteiger charge is -2.26. The van der Waals surface area contributed by atoms with Gasteiger partial charge in [0, 0.05) is 32.3 Å². The minimum absolute atomic E-state index is 0.0314. The molecule has 4 heteroatoms. The Morgan fingerprint density at radius 2 is 2.15 bits per heavy atom. The van der Waals surface area contributed by atoms with Crippen molar-refractivity contribution in [3.8, 4) is 11.8 Å². The van der Waals surface area contributed by atoms with E-state index in [-0.39, 0.29) is 6.10 Å². The van der Waals surface area contributed by atoms with E-state index >= 15 is 0 Å². The molecule has 20 heavy (non-hydrogen) atoms. The van der Waals surface area contributed by atoms with Crippen molar-refractivity contribution in [3.63, 3.8) is 0 Å². The zero-order chi connectivity index (χ0) is 15.2. The largest absolute Gasteiger partial charge is 0.491 e. The molecule has 0 aliphatic heterocycles. The molecule has 0 saturated carbocycles. The molecular weight excluding hydrogens is 250 g/mol. The van der Waals surface area contributed by atoms with Crippen molar-refractivity contribution in [2.45, 2.75) is 38.8 Å². The molecule has 1 aromatic rings. The Hall–Kier alpha value is -1.73. The lowest BCUT2D eigenvalue weighted by atomic mass is 9.96. The second-order valence-corrected chi connectivity index (χ2v) is 5.50. The third-order valence-corrected chi connectivity index (χ3v) is 3.18. The average Bonchev–Trinajstić information content (AvgIpc) is 2.39. The minimum atomic E-state index is -0.548. The summed E-state index contributed by atoms with van der Waals surface area (Å²) in [6.07, 6.45) is 0.611. The number of rotatable bonds is 7. The maximum Gasteiger partial charge on any atom is 0.121 e. The van der Waals surface area contributed by atoms with Gasteiger partial charge < -0.3 is 9.64 Å². The van der Waals surface area contributed by atoms with Crippen LogP contribution < -0.4 is 15.0 Å². The maximum absolute atomic E-state index is 9.27. The first-order valence-corrected chi connectivity index (χ1v) is 7.00. The van der Waals surface area contributed by atoms with Crippen LogP contribution in [0.15, 0.2) is 24.3 Å². The highest BCUT2D eigenvalue weighted by molar-refractivity contribution is 5.49. The second kappa shape index (κ2) is 7.16. The number of hydrogen-bond donors (Lipinski definition) is 1. The molecule has 4 nitrogen and oxygen atoms in total. The molecule has 2 unspecified atom stereocenters. The molecule has 0 bridgehead atoms. The summed E-state index contributed by atoms with van der Waals surface area (Å²) in [5, 5.41) is 12.5. The number of anilines is 1. The van der Waals surface area contributed by atoms with Crippen molar-refractivity contribution in [1.29, 1.82) is 5.26 Å². The average molecular weight is 275 g/mol. The molecule has 0 aromatic heterocycles. The molecule has 0 radical (unpaired) electrons. The van der Waals surface area contributed by atoms with Gasteiger partial charge in [0.1, 0.15) is 11.3 Å². The molecule has 2 atom stereocenters. The highest BCUT2D eigenvalue weighted by Crippen LogP contribution is 2.22. The van der Waals surface area contributed by atoms with Crippen molar-refractivity contribution < 1.29 is 4.74 Å². The molecule has 0 heterocycles. The van der Waals surface area contributed by atoms with E-state index in [9.17, 15) is 5.26 Å². The molecule has 0 aliphatic rings. The number of hydrogen-bond acceptors (Lipinski definition) is 4. The fourth-order valence-electron chi connectivity index (χ4n) is 2.23. The molecular formula is C16H25N3O. The lowest BCUT2D eigenvalue weighted by Crippen LogP contribution is -2.44. The van der Waals surface area contributed by atoms with Gasteiger partial charge in [-0.2, -0.15) is 5.26 Å². The monoisotopic (exact) mass is 275 g/mol. The van der Waals surface area contributed by atoms with Crippen molar-refractivity contribution >= 4 is 5.69 Å². The number of ether oxygens (including phenoxy) is 1. The molecule has 1 aromatic carbocycles. The lowest BCUT2D eigenvalue weighted by molar-refractivity contribution is 0.180. The van der Waals surface area contributed by atoms with Gasteiger partial charge in [-0.25, -0.2) is 0 Å². The van der Waals surface area contributed by atoms with Gasteiger partial charge >= 0.3 is 0 Å². The van der Waals surface area contributed by atoms with E-state index in [1.165, 1.54) is 0 Å². The molecule has 110 valence electrons. The van der Waals surface area contributed by atoms with Gasteiger partial charge in [0.15, 0.2) is 0 Å². The third kappa shape index (κ3) is 4.75. The maximum atomic E-state index is 9.27. The minimum Gasteiger partial charge on any atom is -0.491 e. The smallest absolute Gasteiger partial charge is 0.121 e. The van der Waals surface area contributed by atoms with E-state index in [1.807, 2.05) is 64.0 Å².